The summed E-state index contributed by atoms with van der Waals surface area (Å²) in [7, 11) is 0. The molecular weight excluding hydrogens is 347 g/mol. The third-order valence-corrected chi connectivity index (χ3v) is 3.65. The first kappa shape index (κ1) is 17.6. The zero-order valence-electron chi connectivity index (χ0n) is 13.7. The van der Waals surface area contributed by atoms with E-state index < -0.39 is 11.7 Å². The summed E-state index contributed by atoms with van der Waals surface area (Å²) >= 11 is 0. The van der Waals surface area contributed by atoms with E-state index in [0.29, 0.717) is 5.69 Å². The smallest absolute Gasteiger partial charge is 0.322 e. The van der Waals surface area contributed by atoms with E-state index >= 15 is 0 Å². The summed E-state index contributed by atoms with van der Waals surface area (Å²) < 4.78 is 38.4. The van der Waals surface area contributed by atoms with Gasteiger partial charge in [-0.2, -0.15) is 13.2 Å². The summed E-state index contributed by atoms with van der Waals surface area (Å²) in [4.78, 5) is 13.3. The van der Waals surface area contributed by atoms with Gasteiger partial charge in [0.1, 0.15) is 0 Å². The molecule has 0 atom stereocenters. The Bertz CT molecular complexity index is 936. The Hall–Kier alpha value is -3.23. The highest BCUT2D eigenvalue weighted by atomic mass is 19.4. The second kappa shape index (κ2) is 6.95. The zero-order chi connectivity index (χ0) is 18.7. The number of hydrogen-bond acceptors (Lipinski definition) is 3. The van der Waals surface area contributed by atoms with Gasteiger partial charge in [-0.05, 0) is 47.1 Å². The van der Waals surface area contributed by atoms with Crippen molar-refractivity contribution >= 4 is 11.6 Å². The summed E-state index contributed by atoms with van der Waals surface area (Å²) in [6, 6.07) is 12.0. The Labute approximate surface area is 146 Å². The third kappa shape index (κ3) is 4.05. The van der Waals surface area contributed by atoms with Crippen molar-refractivity contribution in [3.63, 3.8) is 0 Å². The van der Waals surface area contributed by atoms with Crippen LogP contribution < -0.4 is 10.1 Å². The summed E-state index contributed by atoms with van der Waals surface area (Å²) in [6.45, 7) is 1.71. The highest BCUT2D eigenvalue weighted by Crippen LogP contribution is 2.31. The number of tetrazole rings is 1. The molecule has 0 aliphatic rings. The minimum atomic E-state index is -4.45. The van der Waals surface area contributed by atoms with Crippen molar-refractivity contribution in [3.05, 3.63) is 59.7 Å². The van der Waals surface area contributed by atoms with Crippen molar-refractivity contribution < 1.29 is 22.8 Å². The van der Waals surface area contributed by atoms with Gasteiger partial charge in [-0.3, -0.25) is 4.79 Å². The summed E-state index contributed by atoms with van der Waals surface area (Å²) in [5, 5.41) is 13.1. The van der Waals surface area contributed by atoms with Crippen LogP contribution in [0, 0.1) is 6.92 Å². The first-order chi connectivity index (χ1) is 12.3. The van der Waals surface area contributed by atoms with Gasteiger partial charge < -0.3 is 5.32 Å². The largest absolute Gasteiger partial charge is 0.416 e. The maximum absolute atomic E-state index is 12.8. The van der Waals surface area contributed by atoms with Crippen molar-refractivity contribution in [2.45, 2.75) is 19.6 Å². The quantitative estimate of drug-likeness (QED) is 0.701. The van der Waals surface area contributed by atoms with Gasteiger partial charge in [0.2, 0.25) is 6.54 Å². The highest BCUT2D eigenvalue weighted by Gasteiger charge is 2.31. The number of nitrogens with one attached hydrogen (secondary N) is 2. The van der Waals surface area contributed by atoms with Gasteiger partial charge in [0.25, 0.3) is 5.91 Å². The number of nitrogens with zero attached hydrogens (tertiary/aromatic N) is 3. The molecule has 1 aromatic heterocycles. The molecule has 134 valence electrons. The Balaban J connectivity index is 1.72. The molecule has 3 aromatic rings. The molecule has 0 spiro atoms. The molecule has 26 heavy (non-hydrogen) atoms. The number of halogens is 3. The Morgan fingerprint density at radius 1 is 1.19 bits per heavy atom. The van der Waals surface area contributed by atoms with Gasteiger partial charge in [-0.25, -0.2) is 0 Å². The molecule has 6 nitrogen and oxygen atoms in total. The number of aromatic amines is 1. The summed E-state index contributed by atoms with van der Waals surface area (Å²) in [6.07, 6.45) is -4.45. The van der Waals surface area contributed by atoms with Crippen LogP contribution in [0.15, 0.2) is 48.5 Å². The van der Waals surface area contributed by atoms with E-state index in [2.05, 4.69) is 20.7 Å². The lowest BCUT2D eigenvalue weighted by Gasteiger charge is -2.06. The van der Waals surface area contributed by atoms with Gasteiger partial charge >= 0.3 is 12.0 Å². The first-order valence-electron chi connectivity index (χ1n) is 7.68. The average Bonchev–Trinajstić information content (AvgIpc) is 3.05. The predicted octanol–water partition coefficient (Wildman–Crippen LogP) is 2.73. The fourth-order valence-electron chi connectivity index (χ4n) is 2.33. The number of carbonyl (C=O) groups is 1. The van der Waals surface area contributed by atoms with E-state index in [1.54, 1.807) is 12.1 Å². The van der Waals surface area contributed by atoms with Crippen LogP contribution in [-0.2, 0) is 17.5 Å². The predicted molar refractivity (Wildman–Crippen MR) is 86.8 cm³/mol. The van der Waals surface area contributed by atoms with Gasteiger partial charge in [0.15, 0.2) is 0 Å². The molecule has 0 bridgehead atoms. The van der Waals surface area contributed by atoms with E-state index in [9.17, 15) is 18.0 Å². The lowest BCUT2D eigenvalue weighted by Crippen LogP contribution is -2.44. The molecule has 0 unspecified atom stereocenters. The summed E-state index contributed by atoms with van der Waals surface area (Å²) in [5.41, 5.74) is 1.00. The molecule has 0 aliphatic heterocycles. The molecule has 3 rings (SSSR count). The second-order valence-electron chi connectivity index (χ2n) is 5.63. The number of alkyl halides is 3. The van der Waals surface area contributed by atoms with E-state index in [1.165, 1.54) is 12.1 Å². The number of aryl methyl sites for hydroxylation is 1. The van der Waals surface area contributed by atoms with Gasteiger partial charge in [0.05, 0.1) is 16.2 Å². The van der Waals surface area contributed by atoms with Crippen molar-refractivity contribution in [1.29, 1.82) is 0 Å². The lowest BCUT2D eigenvalue weighted by atomic mass is 10.1. The standard InChI is InChI=1S/C17H14F3N5O/c1-11-5-2-3-8-14(11)21-15(26)10-25-23-16(22-24-25)12-6-4-7-13(9-12)17(18,19)20/h2-9H,10H2,1H3,(H,21,26)/p+1. The molecule has 2 N–H and O–H groups in total. The molecule has 1 amide bonds. The molecule has 0 saturated heterocycles. The van der Waals surface area contributed by atoms with Gasteiger partial charge in [-0.15, -0.1) is 0 Å². The minimum absolute atomic E-state index is 0.0693. The lowest BCUT2D eigenvalue weighted by molar-refractivity contribution is -0.793. The van der Waals surface area contributed by atoms with Crippen molar-refractivity contribution in [1.82, 2.24) is 15.4 Å². The van der Waals surface area contributed by atoms with Crippen LogP contribution >= 0.6 is 0 Å². The van der Waals surface area contributed by atoms with E-state index in [4.69, 9.17) is 0 Å². The Morgan fingerprint density at radius 2 is 1.96 bits per heavy atom. The number of benzene rings is 2. The first-order valence-corrected chi connectivity index (χ1v) is 7.68. The number of rotatable bonds is 4. The molecule has 0 radical (unpaired) electrons. The van der Waals surface area contributed by atoms with Crippen molar-refractivity contribution in [3.8, 4) is 11.4 Å². The third-order valence-electron chi connectivity index (χ3n) is 3.65. The van der Waals surface area contributed by atoms with Crippen LogP contribution in [0.3, 0.4) is 0 Å². The molecule has 1 heterocycles. The average molecular weight is 362 g/mol. The molecular formula is C17H15F3N5O+. The Kier molecular flexibility index (Phi) is 4.70. The van der Waals surface area contributed by atoms with Gasteiger partial charge in [0, 0.05) is 5.69 Å². The fourth-order valence-corrected chi connectivity index (χ4v) is 2.33. The Morgan fingerprint density at radius 3 is 2.69 bits per heavy atom. The topological polar surface area (TPSA) is 74.6 Å². The van der Waals surface area contributed by atoms with Crippen molar-refractivity contribution in [2.24, 2.45) is 0 Å². The maximum Gasteiger partial charge on any atom is 0.416 e. The van der Waals surface area contributed by atoms with Crippen molar-refractivity contribution in [2.75, 3.05) is 5.32 Å². The number of aromatic nitrogens is 4. The number of anilines is 1. The normalized spacial score (nSPS) is 11.4. The number of carbonyl (C=O) groups excluding carboxylic acids is 1. The molecule has 0 aliphatic carbocycles. The fraction of sp³-hybridized carbons (Fsp3) is 0.176. The number of para-hydroxylation sites is 1. The molecule has 0 saturated carbocycles. The van der Waals surface area contributed by atoms with E-state index in [1.807, 2.05) is 19.1 Å². The highest BCUT2D eigenvalue weighted by molar-refractivity contribution is 5.90. The van der Waals surface area contributed by atoms with Crippen LogP contribution in [0.5, 0.6) is 0 Å². The number of hydrogen-bond donors (Lipinski definition) is 2. The monoisotopic (exact) mass is 362 g/mol. The molecule has 2 aromatic carbocycles. The van der Waals surface area contributed by atoms with E-state index in [0.717, 1.165) is 22.5 Å². The van der Waals surface area contributed by atoms with Crippen LogP contribution in [0.2, 0.25) is 0 Å². The van der Waals surface area contributed by atoms with Crippen LogP contribution in [-0.4, -0.2) is 21.3 Å². The second-order valence-corrected chi connectivity index (χ2v) is 5.63. The van der Waals surface area contributed by atoms with Crippen LogP contribution in [0.1, 0.15) is 11.1 Å². The molecule has 9 heteroatoms. The SMILES string of the molecule is Cc1ccccc1NC(=O)C[n+]1nc(-c2cccc(C(F)(F)F)c2)n[nH]1. The zero-order valence-corrected chi connectivity index (χ0v) is 13.7. The van der Waals surface area contributed by atoms with Crippen LogP contribution in [0.25, 0.3) is 11.4 Å². The number of amides is 1. The van der Waals surface area contributed by atoms with E-state index in [-0.39, 0.29) is 23.8 Å². The number of H-pyrrole nitrogens is 1. The minimum Gasteiger partial charge on any atom is -0.322 e. The van der Waals surface area contributed by atoms with Gasteiger partial charge in [-0.1, -0.05) is 29.1 Å². The van der Waals surface area contributed by atoms with Crippen LogP contribution in [0.4, 0.5) is 18.9 Å². The summed E-state index contributed by atoms with van der Waals surface area (Å²) in [5.74, 6) is -0.268. The maximum atomic E-state index is 12.8. The molecule has 0 fully saturated rings.